The molecule has 1 atom stereocenters. The average molecular weight is 217 g/mol. The molecule has 1 saturated heterocycles. The highest BCUT2D eigenvalue weighted by atomic mass is 15.2. The maximum atomic E-state index is 3.88. The van der Waals surface area contributed by atoms with Crippen molar-refractivity contribution in [1.29, 1.82) is 0 Å². The lowest BCUT2D eigenvalue weighted by Gasteiger charge is -2.57. The molecule has 0 amide bonds. The molecule has 88 valence electrons. The van der Waals surface area contributed by atoms with E-state index < -0.39 is 0 Å². The summed E-state index contributed by atoms with van der Waals surface area (Å²) in [4.78, 5) is 2.46. The van der Waals surface area contributed by atoms with Crippen molar-refractivity contribution in [3.8, 4) is 0 Å². The van der Waals surface area contributed by atoms with Crippen molar-refractivity contribution in [2.75, 3.05) is 13.1 Å². The molecule has 1 rings (SSSR count). The first-order valence-electron chi connectivity index (χ1n) is 5.91. The van der Waals surface area contributed by atoms with Gasteiger partial charge in [0.25, 0.3) is 0 Å². The van der Waals surface area contributed by atoms with E-state index in [0.29, 0.717) is 11.5 Å². The van der Waals surface area contributed by atoms with E-state index in [-0.39, 0.29) is 0 Å². The minimum Gasteiger partial charge on any atom is -0.295 e. The number of likely N-dealkylation sites (tertiary alicyclic amines) is 1. The second-order valence-electron chi connectivity index (χ2n) is 4.61. The van der Waals surface area contributed by atoms with Gasteiger partial charge >= 0.3 is 0 Å². The summed E-state index contributed by atoms with van der Waals surface area (Å²) < 4.78 is 0. The van der Waals surface area contributed by atoms with Gasteiger partial charge in [-0.15, -0.1) is 26.3 Å². The number of allylic oxidation sites excluding steroid dienone is 2. The predicted molar refractivity (Wildman–Crippen MR) is 72.4 cm³/mol. The molecule has 0 aliphatic carbocycles. The van der Waals surface area contributed by atoms with Crippen LogP contribution in [-0.2, 0) is 0 Å². The molecule has 0 spiro atoms. The summed E-state index contributed by atoms with van der Waals surface area (Å²) in [5.74, 6) is 0. The minimum absolute atomic E-state index is 0.334. The highest BCUT2D eigenvalue weighted by Crippen LogP contribution is 2.46. The van der Waals surface area contributed by atoms with Crippen molar-refractivity contribution in [2.45, 2.75) is 25.3 Å². The largest absolute Gasteiger partial charge is 0.295 e. The van der Waals surface area contributed by atoms with Crippen molar-refractivity contribution < 1.29 is 0 Å². The van der Waals surface area contributed by atoms with Crippen LogP contribution in [0.15, 0.2) is 50.6 Å². The summed E-state index contributed by atoms with van der Waals surface area (Å²) in [6.07, 6.45) is 11.2. The van der Waals surface area contributed by atoms with Crippen LogP contribution in [0, 0.1) is 5.41 Å². The summed E-state index contributed by atoms with van der Waals surface area (Å²) in [6.45, 7) is 17.5. The van der Waals surface area contributed by atoms with E-state index >= 15 is 0 Å². The molecule has 0 aromatic rings. The molecule has 0 radical (unpaired) electrons. The minimum atomic E-state index is 0.334. The van der Waals surface area contributed by atoms with Gasteiger partial charge in [0.2, 0.25) is 0 Å². The van der Waals surface area contributed by atoms with Gasteiger partial charge in [-0.05, 0) is 19.3 Å². The molecule has 1 unspecified atom stereocenters. The molecule has 0 aromatic carbocycles. The van der Waals surface area contributed by atoms with Gasteiger partial charge in [0.05, 0.1) is 0 Å². The Morgan fingerprint density at radius 2 is 1.62 bits per heavy atom. The van der Waals surface area contributed by atoms with Crippen molar-refractivity contribution in [3.05, 3.63) is 50.6 Å². The lowest BCUT2D eigenvalue weighted by Crippen LogP contribution is -2.63. The van der Waals surface area contributed by atoms with Crippen LogP contribution in [0.25, 0.3) is 0 Å². The molecular weight excluding hydrogens is 194 g/mol. The van der Waals surface area contributed by atoms with Crippen molar-refractivity contribution in [2.24, 2.45) is 5.41 Å². The van der Waals surface area contributed by atoms with E-state index in [9.17, 15) is 0 Å². The fraction of sp³-hybridized carbons (Fsp3) is 0.467. The van der Waals surface area contributed by atoms with Crippen LogP contribution in [0.2, 0.25) is 0 Å². The van der Waals surface area contributed by atoms with E-state index in [4.69, 9.17) is 0 Å². The molecule has 0 bridgehead atoms. The Morgan fingerprint density at radius 3 is 2.06 bits per heavy atom. The van der Waals surface area contributed by atoms with Crippen LogP contribution in [0.5, 0.6) is 0 Å². The van der Waals surface area contributed by atoms with E-state index in [1.54, 1.807) is 0 Å². The Bertz CT molecular complexity index is 267. The third kappa shape index (κ3) is 2.35. The molecular formula is C15H23N. The molecule has 16 heavy (non-hydrogen) atoms. The van der Waals surface area contributed by atoms with Gasteiger partial charge in [-0.3, -0.25) is 4.90 Å². The van der Waals surface area contributed by atoms with E-state index in [0.717, 1.165) is 32.4 Å². The van der Waals surface area contributed by atoms with E-state index in [1.165, 1.54) is 0 Å². The second kappa shape index (κ2) is 5.86. The van der Waals surface area contributed by atoms with Crippen LogP contribution in [-0.4, -0.2) is 24.0 Å². The number of rotatable bonds is 8. The maximum absolute atomic E-state index is 3.88. The molecule has 1 heteroatoms. The normalized spacial score (nSPS) is 23.1. The van der Waals surface area contributed by atoms with Crippen molar-refractivity contribution in [1.82, 2.24) is 4.90 Å². The summed E-state index contributed by atoms with van der Waals surface area (Å²) in [5, 5.41) is 0. The van der Waals surface area contributed by atoms with Crippen molar-refractivity contribution in [3.63, 3.8) is 0 Å². The highest BCUT2D eigenvalue weighted by Gasteiger charge is 2.49. The highest BCUT2D eigenvalue weighted by molar-refractivity contribution is 5.11. The third-order valence-corrected chi connectivity index (χ3v) is 3.52. The van der Waals surface area contributed by atoms with Crippen LogP contribution < -0.4 is 0 Å². The standard InChI is InChI=1S/C15H23N/c1-5-9-14-15(10-6-2,11-7-3)13-16(14)12-8-4/h5-8,14H,1-4,9-13H2. The van der Waals surface area contributed by atoms with Gasteiger partial charge in [-0.1, -0.05) is 24.3 Å². The molecule has 1 aliphatic rings. The third-order valence-electron chi connectivity index (χ3n) is 3.52. The fourth-order valence-corrected chi connectivity index (χ4v) is 2.87. The van der Waals surface area contributed by atoms with Gasteiger partial charge in [0.1, 0.15) is 0 Å². The zero-order chi connectivity index (χ0) is 12.0. The average Bonchev–Trinajstić information content (AvgIpc) is 2.26. The molecule has 1 fully saturated rings. The molecule has 0 N–H and O–H groups in total. The van der Waals surface area contributed by atoms with Crippen LogP contribution >= 0.6 is 0 Å². The SMILES string of the molecule is C=CCC1N(CC=C)CC1(CC=C)CC=C. The van der Waals surface area contributed by atoms with Gasteiger partial charge in [-0.2, -0.15) is 0 Å². The Morgan fingerprint density at radius 1 is 1.00 bits per heavy atom. The smallest absolute Gasteiger partial charge is 0.0208 e. The quantitative estimate of drug-likeness (QED) is 0.562. The summed E-state index contributed by atoms with van der Waals surface area (Å²) in [6, 6.07) is 0.569. The lowest BCUT2D eigenvalue weighted by molar-refractivity contribution is -0.0616. The maximum Gasteiger partial charge on any atom is 0.0208 e. The van der Waals surface area contributed by atoms with Crippen molar-refractivity contribution >= 4 is 0 Å². The van der Waals surface area contributed by atoms with Gasteiger partial charge in [0, 0.05) is 24.5 Å². The second-order valence-corrected chi connectivity index (χ2v) is 4.61. The molecule has 1 aliphatic heterocycles. The first-order chi connectivity index (χ1) is 7.74. The Hall–Kier alpha value is -1.08. The van der Waals surface area contributed by atoms with E-state index in [2.05, 4.69) is 31.2 Å². The van der Waals surface area contributed by atoms with Crippen LogP contribution in [0.1, 0.15) is 19.3 Å². The monoisotopic (exact) mass is 217 g/mol. The Balaban J connectivity index is 2.76. The summed E-state index contributed by atoms with van der Waals surface area (Å²) in [5.41, 5.74) is 0.334. The molecule has 1 nitrogen and oxygen atoms in total. The molecule has 0 aromatic heterocycles. The molecule has 1 heterocycles. The topological polar surface area (TPSA) is 3.24 Å². The number of nitrogens with zero attached hydrogens (tertiary/aromatic N) is 1. The van der Waals surface area contributed by atoms with Gasteiger partial charge < -0.3 is 0 Å². The van der Waals surface area contributed by atoms with Gasteiger partial charge in [0.15, 0.2) is 0 Å². The fourth-order valence-electron chi connectivity index (χ4n) is 2.87. The Labute approximate surface area is 99.8 Å². The van der Waals surface area contributed by atoms with Gasteiger partial charge in [-0.25, -0.2) is 0 Å². The molecule has 0 saturated carbocycles. The first-order valence-corrected chi connectivity index (χ1v) is 5.91. The number of hydrogen-bond donors (Lipinski definition) is 0. The summed E-state index contributed by atoms with van der Waals surface area (Å²) in [7, 11) is 0. The van der Waals surface area contributed by atoms with Crippen LogP contribution in [0.3, 0.4) is 0 Å². The van der Waals surface area contributed by atoms with Crippen LogP contribution in [0.4, 0.5) is 0 Å². The predicted octanol–water partition coefficient (Wildman–Crippen LogP) is 3.57. The summed E-state index contributed by atoms with van der Waals surface area (Å²) >= 11 is 0. The lowest BCUT2D eigenvalue weighted by atomic mass is 9.65. The van der Waals surface area contributed by atoms with E-state index in [1.807, 2.05) is 24.3 Å². The number of hydrogen-bond acceptors (Lipinski definition) is 1. The zero-order valence-corrected chi connectivity index (χ0v) is 10.2. The Kier molecular flexibility index (Phi) is 4.75. The zero-order valence-electron chi connectivity index (χ0n) is 10.2. The first kappa shape index (κ1) is 13.0.